The molecule has 2 aromatic heterocycles. The molecule has 0 atom stereocenters. The van der Waals surface area contributed by atoms with Gasteiger partial charge in [0.25, 0.3) is 5.22 Å². The predicted molar refractivity (Wildman–Crippen MR) is 119 cm³/mol. The molecular weight excluding hydrogens is 446 g/mol. The van der Waals surface area contributed by atoms with Crippen molar-refractivity contribution in [3.8, 4) is 0 Å². The summed E-state index contributed by atoms with van der Waals surface area (Å²) in [6.45, 7) is 5.36. The van der Waals surface area contributed by atoms with E-state index in [2.05, 4.69) is 35.8 Å². The molecule has 0 aliphatic rings. The van der Waals surface area contributed by atoms with Gasteiger partial charge in [-0.25, -0.2) is 0 Å². The van der Waals surface area contributed by atoms with Crippen molar-refractivity contribution < 1.29 is 9.21 Å². The number of nitrogens with one attached hydrogen (secondary N) is 2. The van der Waals surface area contributed by atoms with E-state index < -0.39 is 0 Å². The Morgan fingerprint density at radius 1 is 1.00 bits per heavy atom. The van der Waals surface area contributed by atoms with Crippen molar-refractivity contribution in [3.05, 3.63) is 40.7 Å². The van der Waals surface area contributed by atoms with Crippen LogP contribution < -0.4 is 10.6 Å². The number of carbonyl (C=O) groups is 1. The molecule has 12 heteroatoms. The lowest BCUT2D eigenvalue weighted by molar-refractivity contribution is 0.102. The van der Waals surface area contributed by atoms with E-state index in [4.69, 9.17) is 16.0 Å². The van der Waals surface area contributed by atoms with Crippen LogP contribution in [-0.4, -0.2) is 49.8 Å². The van der Waals surface area contributed by atoms with E-state index in [0.717, 1.165) is 0 Å². The molecule has 158 valence electrons. The molecule has 0 radical (unpaired) electrons. The molecule has 9 nitrogen and oxygen atoms in total. The first-order valence-electron chi connectivity index (χ1n) is 9.18. The van der Waals surface area contributed by atoms with E-state index in [1.165, 1.54) is 23.5 Å². The molecule has 3 aromatic rings. The van der Waals surface area contributed by atoms with Crippen LogP contribution in [0.5, 0.6) is 0 Å². The van der Waals surface area contributed by atoms with Crippen molar-refractivity contribution in [2.24, 2.45) is 0 Å². The zero-order chi connectivity index (χ0) is 21.3. The summed E-state index contributed by atoms with van der Waals surface area (Å²) < 4.78 is 5.61. The maximum absolute atomic E-state index is 12.2. The monoisotopic (exact) mass is 465 g/mol. The van der Waals surface area contributed by atoms with Crippen molar-refractivity contribution >= 4 is 52.8 Å². The van der Waals surface area contributed by atoms with Crippen LogP contribution in [0.15, 0.2) is 39.1 Å². The van der Waals surface area contributed by atoms with Gasteiger partial charge < -0.3 is 15.1 Å². The predicted octanol–water partition coefficient (Wildman–Crippen LogP) is 4.04. The maximum atomic E-state index is 12.2. The lowest BCUT2D eigenvalue weighted by atomic mass is 10.1. The first-order valence-corrected chi connectivity index (χ1v) is 11.5. The number of thioether (sulfide) groups is 2. The maximum Gasteiger partial charge on any atom is 0.277 e. The minimum absolute atomic E-state index is 0.0390. The SMILES string of the molecule is CCNc1nc(NCC)nc(SCc2nnc(SCC(=O)c3ccc(Cl)cc3)o2)n1. The topological polar surface area (TPSA) is 119 Å². The highest BCUT2D eigenvalue weighted by atomic mass is 35.5. The number of Topliss-reactive ketones (excluding diaryl/α,β-unsaturated/α-hetero) is 1. The Kier molecular flexibility index (Phi) is 8.29. The van der Waals surface area contributed by atoms with Crippen LogP contribution >= 0.6 is 35.1 Å². The highest BCUT2D eigenvalue weighted by Crippen LogP contribution is 2.24. The van der Waals surface area contributed by atoms with Gasteiger partial charge in [0.05, 0.1) is 11.5 Å². The van der Waals surface area contributed by atoms with Gasteiger partial charge in [-0.3, -0.25) is 4.79 Å². The fourth-order valence-electron chi connectivity index (χ4n) is 2.22. The molecule has 0 saturated heterocycles. The summed E-state index contributed by atoms with van der Waals surface area (Å²) in [6, 6.07) is 6.76. The van der Waals surface area contributed by atoms with Gasteiger partial charge in [-0.15, -0.1) is 10.2 Å². The molecule has 0 spiro atoms. The molecule has 0 unspecified atom stereocenters. The van der Waals surface area contributed by atoms with Crippen LogP contribution in [0, 0.1) is 0 Å². The molecule has 0 amide bonds. The Bertz CT molecular complexity index is 961. The Morgan fingerprint density at radius 3 is 2.30 bits per heavy atom. The van der Waals surface area contributed by atoms with E-state index in [9.17, 15) is 4.79 Å². The summed E-state index contributed by atoms with van der Waals surface area (Å²) in [5.74, 6) is 2.00. The Balaban J connectivity index is 1.55. The highest BCUT2D eigenvalue weighted by Gasteiger charge is 2.13. The number of carbonyl (C=O) groups excluding carboxylic acids is 1. The number of ketones is 1. The molecule has 30 heavy (non-hydrogen) atoms. The quantitative estimate of drug-likeness (QED) is 0.315. The van der Waals surface area contributed by atoms with E-state index >= 15 is 0 Å². The van der Waals surface area contributed by atoms with Gasteiger partial charge in [0.15, 0.2) is 10.9 Å². The van der Waals surface area contributed by atoms with Crippen LogP contribution in [0.25, 0.3) is 0 Å². The van der Waals surface area contributed by atoms with Crippen molar-refractivity contribution in [1.82, 2.24) is 25.1 Å². The Morgan fingerprint density at radius 2 is 1.67 bits per heavy atom. The van der Waals surface area contributed by atoms with Gasteiger partial charge in [-0.2, -0.15) is 15.0 Å². The Hall–Kier alpha value is -2.37. The lowest BCUT2D eigenvalue weighted by Gasteiger charge is -2.07. The molecule has 0 fully saturated rings. The molecule has 0 saturated carbocycles. The summed E-state index contributed by atoms with van der Waals surface area (Å²) in [4.78, 5) is 25.2. The molecule has 0 aliphatic heterocycles. The molecule has 1 aromatic carbocycles. The molecule has 2 N–H and O–H groups in total. The van der Waals surface area contributed by atoms with Crippen LogP contribution in [0.3, 0.4) is 0 Å². The zero-order valence-corrected chi connectivity index (χ0v) is 18.8. The smallest absolute Gasteiger partial charge is 0.277 e. The van der Waals surface area contributed by atoms with E-state index in [-0.39, 0.29) is 11.5 Å². The van der Waals surface area contributed by atoms with Gasteiger partial charge in [0.2, 0.25) is 17.8 Å². The minimum Gasteiger partial charge on any atom is -0.415 e. The third-order valence-electron chi connectivity index (χ3n) is 3.55. The number of nitrogens with zero attached hydrogens (tertiary/aromatic N) is 5. The van der Waals surface area contributed by atoms with E-state index in [1.54, 1.807) is 24.3 Å². The van der Waals surface area contributed by atoms with Gasteiger partial charge in [-0.1, -0.05) is 35.1 Å². The summed E-state index contributed by atoms with van der Waals surface area (Å²) in [5, 5.41) is 15.6. The standard InChI is InChI=1S/C18H20ClN7O2S2/c1-3-20-15-22-16(21-4-2)24-17(23-15)29-10-14-25-26-18(28-14)30-9-13(27)11-5-7-12(19)8-6-11/h5-8H,3-4,9-10H2,1-2H3,(H2,20,21,22,23,24). The number of hydrogen-bond acceptors (Lipinski definition) is 11. The molecule has 2 heterocycles. The van der Waals surface area contributed by atoms with Crippen LogP contribution in [0.2, 0.25) is 5.02 Å². The summed E-state index contributed by atoms with van der Waals surface area (Å²) in [6.07, 6.45) is 0. The largest absolute Gasteiger partial charge is 0.415 e. The third-order valence-corrected chi connectivity index (χ3v) is 5.45. The Labute approximate surface area is 187 Å². The zero-order valence-electron chi connectivity index (χ0n) is 16.4. The number of aromatic nitrogens is 5. The number of benzene rings is 1. The first-order chi connectivity index (χ1) is 14.6. The van der Waals surface area contributed by atoms with Gasteiger partial charge in [0.1, 0.15) is 0 Å². The van der Waals surface area contributed by atoms with Crippen molar-refractivity contribution in [2.75, 3.05) is 29.5 Å². The van der Waals surface area contributed by atoms with Gasteiger partial charge in [-0.05, 0) is 38.1 Å². The number of hydrogen-bond donors (Lipinski definition) is 2. The van der Waals surface area contributed by atoms with Gasteiger partial charge >= 0.3 is 0 Å². The third kappa shape index (κ3) is 6.57. The second-order valence-electron chi connectivity index (χ2n) is 5.79. The normalized spacial score (nSPS) is 10.8. The highest BCUT2D eigenvalue weighted by molar-refractivity contribution is 7.99. The minimum atomic E-state index is -0.0390. The lowest BCUT2D eigenvalue weighted by Crippen LogP contribution is -2.09. The molecule has 0 bridgehead atoms. The number of halogens is 1. The molecule has 3 rings (SSSR count). The summed E-state index contributed by atoms with van der Waals surface area (Å²) in [5.41, 5.74) is 0.588. The van der Waals surface area contributed by atoms with Gasteiger partial charge in [0, 0.05) is 23.7 Å². The van der Waals surface area contributed by atoms with E-state index in [0.29, 0.717) is 57.6 Å². The van der Waals surface area contributed by atoms with Crippen LogP contribution in [0.1, 0.15) is 30.1 Å². The second-order valence-corrected chi connectivity index (χ2v) is 8.10. The number of anilines is 2. The average Bonchev–Trinajstić information content (AvgIpc) is 3.19. The van der Waals surface area contributed by atoms with E-state index in [1.807, 2.05) is 13.8 Å². The first kappa shape index (κ1) is 22.3. The van der Waals surface area contributed by atoms with Crippen molar-refractivity contribution in [1.29, 1.82) is 0 Å². The summed E-state index contributed by atoms with van der Waals surface area (Å²) in [7, 11) is 0. The molecule has 0 aliphatic carbocycles. The van der Waals surface area contributed by atoms with Crippen molar-refractivity contribution in [3.63, 3.8) is 0 Å². The fraction of sp³-hybridized carbons (Fsp3) is 0.333. The van der Waals surface area contributed by atoms with Crippen LogP contribution in [-0.2, 0) is 5.75 Å². The second kappa shape index (κ2) is 11.1. The van der Waals surface area contributed by atoms with Crippen molar-refractivity contribution in [2.45, 2.75) is 30.0 Å². The number of rotatable bonds is 11. The molecular formula is C18H20ClN7O2S2. The fourth-order valence-corrected chi connectivity index (χ4v) is 3.70. The van der Waals surface area contributed by atoms with Crippen LogP contribution in [0.4, 0.5) is 11.9 Å². The average molecular weight is 466 g/mol. The summed E-state index contributed by atoms with van der Waals surface area (Å²) >= 11 is 8.40.